The van der Waals surface area contributed by atoms with E-state index in [1.807, 2.05) is 49.4 Å². The zero-order valence-electron chi connectivity index (χ0n) is 14.6. The summed E-state index contributed by atoms with van der Waals surface area (Å²) in [6.07, 6.45) is -0.112. The van der Waals surface area contributed by atoms with E-state index in [-0.39, 0.29) is 31.2 Å². The minimum absolute atomic E-state index is 0.0290. The van der Waals surface area contributed by atoms with E-state index in [0.29, 0.717) is 5.56 Å². The standard InChI is InChI=1S/C20H22N2O4/c1-14-7-9-16(10-8-14)20(26)22-17(15-5-3-2-4-6-15)13-18(23)21-12-11-19(24)25/h2-10,17H,11-13H2,1H3,(H,21,23)(H,22,26)(H,24,25). The number of carboxylic acid groups (broad SMARTS) is 1. The van der Waals surface area contributed by atoms with Crippen LogP contribution in [0.1, 0.15) is 40.4 Å². The zero-order chi connectivity index (χ0) is 18.9. The van der Waals surface area contributed by atoms with Gasteiger partial charge in [-0.05, 0) is 24.6 Å². The first-order chi connectivity index (χ1) is 12.5. The van der Waals surface area contributed by atoms with Crippen LogP contribution in [0.2, 0.25) is 0 Å². The average Bonchev–Trinajstić information content (AvgIpc) is 2.62. The molecule has 0 spiro atoms. The lowest BCUT2D eigenvalue weighted by Gasteiger charge is -2.19. The van der Waals surface area contributed by atoms with E-state index >= 15 is 0 Å². The Labute approximate surface area is 152 Å². The molecule has 1 unspecified atom stereocenters. The molecular formula is C20H22N2O4. The Morgan fingerprint density at radius 2 is 1.65 bits per heavy atom. The summed E-state index contributed by atoms with van der Waals surface area (Å²) >= 11 is 0. The van der Waals surface area contributed by atoms with Crippen LogP contribution in [0.25, 0.3) is 0 Å². The topological polar surface area (TPSA) is 95.5 Å². The minimum Gasteiger partial charge on any atom is -0.481 e. The van der Waals surface area contributed by atoms with Gasteiger partial charge in [-0.3, -0.25) is 14.4 Å². The second kappa shape index (κ2) is 9.36. The first kappa shape index (κ1) is 19.2. The van der Waals surface area contributed by atoms with Crippen LogP contribution in [0.5, 0.6) is 0 Å². The monoisotopic (exact) mass is 354 g/mol. The van der Waals surface area contributed by atoms with E-state index in [2.05, 4.69) is 10.6 Å². The molecule has 26 heavy (non-hydrogen) atoms. The van der Waals surface area contributed by atoms with Crippen LogP contribution in [0.3, 0.4) is 0 Å². The molecule has 0 radical (unpaired) electrons. The normalized spacial score (nSPS) is 11.4. The lowest BCUT2D eigenvalue weighted by Crippen LogP contribution is -2.34. The molecule has 0 saturated heterocycles. The zero-order valence-corrected chi connectivity index (χ0v) is 14.6. The highest BCUT2D eigenvalue weighted by Crippen LogP contribution is 2.17. The molecule has 3 N–H and O–H groups in total. The molecule has 136 valence electrons. The third-order valence-corrected chi connectivity index (χ3v) is 3.87. The van der Waals surface area contributed by atoms with Crippen molar-refractivity contribution in [3.05, 3.63) is 71.3 Å². The van der Waals surface area contributed by atoms with Crippen molar-refractivity contribution in [1.29, 1.82) is 0 Å². The predicted molar refractivity (Wildman–Crippen MR) is 97.7 cm³/mol. The Hall–Kier alpha value is -3.15. The molecule has 6 heteroatoms. The molecule has 2 aromatic carbocycles. The molecule has 0 aromatic heterocycles. The molecule has 2 rings (SSSR count). The van der Waals surface area contributed by atoms with Gasteiger partial charge in [-0.2, -0.15) is 0 Å². The maximum Gasteiger partial charge on any atom is 0.305 e. The summed E-state index contributed by atoms with van der Waals surface area (Å²) in [4.78, 5) is 35.2. The molecule has 0 aliphatic carbocycles. The van der Waals surface area contributed by atoms with E-state index in [1.165, 1.54) is 0 Å². The molecule has 1 atom stereocenters. The Bertz CT molecular complexity index is 757. The maximum atomic E-state index is 12.5. The summed E-state index contributed by atoms with van der Waals surface area (Å²) in [5.41, 5.74) is 2.38. The molecule has 6 nitrogen and oxygen atoms in total. The van der Waals surface area contributed by atoms with Gasteiger partial charge < -0.3 is 15.7 Å². The maximum absolute atomic E-state index is 12.5. The van der Waals surface area contributed by atoms with Gasteiger partial charge in [-0.1, -0.05) is 48.0 Å². The number of hydrogen-bond donors (Lipinski definition) is 3. The van der Waals surface area contributed by atoms with Crippen molar-refractivity contribution in [2.75, 3.05) is 6.54 Å². The molecule has 0 fully saturated rings. The van der Waals surface area contributed by atoms with Gasteiger partial charge in [0.2, 0.25) is 5.91 Å². The lowest BCUT2D eigenvalue weighted by atomic mass is 10.0. The predicted octanol–water partition coefficient (Wildman–Crippen LogP) is 2.45. The van der Waals surface area contributed by atoms with Gasteiger partial charge in [-0.25, -0.2) is 0 Å². The van der Waals surface area contributed by atoms with Crippen LogP contribution in [0, 0.1) is 6.92 Å². The first-order valence-electron chi connectivity index (χ1n) is 8.36. The number of carbonyl (C=O) groups is 3. The summed E-state index contributed by atoms with van der Waals surface area (Å²) in [5, 5.41) is 14.1. The SMILES string of the molecule is Cc1ccc(C(=O)NC(CC(=O)NCCC(=O)O)c2ccccc2)cc1. The summed E-state index contributed by atoms with van der Waals surface area (Å²) in [5.74, 6) is -1.56. The highest BCUT2D eigenvalue weighted by Gasteiger charge is 2.19. The smallest absolute Gasteiger partial charge is 0.305 e. The van der Waals surface area contributed by atoms with Gasteiger partial charge in [0.25, 0.3) is 5.91 Å². The van der Waals surface area contributed by atoms with Crippen molar-refractivity contribution in [3.8, 4) is 0 Å². The number of nitrogens with one attached hydrogen (secondary N) is 2. The van der Waals surface area contributed by atoms with E-state index in [4.69, 9.17) is 5.11 Å². The number of aliphatic carboxylic acids is 1. The number of amides is 2. The quantitative estimate of drug-likeness (QED) is 0.678. The van der Waals surface area contributed by atoms with Gasteiger partial charge in [0.05, 0.1) is 18.9 Å². The van der Waals surface area contributed by atoms with Crippen molar-refractivity contribution in [3.63, 3.8) is 0 Å². The van der Waals surface area contributed by atoms with Crippen LogP contribution in [-0.2, 0) is 9.59 Å². The average molecular weight is 354 g/mol. The summed E-state index contributed by atoms with van der Waals surface area (Å²) < 4.78 is 0. The fraction of sp³-hybridized carbons (Fsp3) is 0.250. The minimum atomic E-state index is -0.974. The van der Waals surface area contributed by atoms with E-state index in [9.17, 15) is 14.4 Å². The first-order valence-corrected chi connectivity index (χ1v) is 8.36. The summed E-state index contributed by atoms with van der Waals surface area (Å²) in [6, 6.07) is 15.9. The molecular weight excluding hydrogens is 332 g/mol. The van der Waals surface area contributed by atoms with Gasteiger partial charge in [0.1, 0.15) is 0 Å². The van der Waals surface area contributed by atoms with Crippen LogP contribution in [0.4, 0.5) is 0 Å². The van der Waals surface area contributed by atoms with Crippen LogP contribution < -0.4 is 10.6 Å². The van der Waals surface area contributed by atoms with Crippen LogP contribution >= 0.6 is 0 Å². The molecule has 0 bridgehead atoms. The van der Waals surface area contributed by atoms with Crippen molar-refractivity contribution in [1.82, 2.24) is 10.6 Å². The number of benzene rings is 2. The van der Waals surface area contributed by atoms with Crippen molar-refractivity contribution < 1.29 is 19.5 Å². The fourth-order valence-electron chi connectivity index (χ4n) is 2.45. The Kier molecular flexibility index (Phi) is 6.91. The van der Waals surface area contributed by atoms with E-state index in [0.717, 1.165) is 11.1 Å². The molecule has 0 saturated carbocycles. The third kappa shape index (κ3) is 6.05. The number of rotatable bonds is 8. The Morgan fingerprint density at radius 1 is 1.00 bits per heavy atom. The Morgan fingerprint density at radius 3 is 2.27 bits per heavy atom. The van der Waals surface area contributed by atoms with Gasteiger partial charge >= 0.3 is 5.97 Å². The number of carbonyl (C=O) groups excluding carboxylic acids is 2. The van der Waals surface area contributed by atoms with Crippen molar-refractivity contribution >= 4 is 17.8 Å². The molecule has 0 aliphatic rings. The van der Waals surface area contributed by atoms with Crippen LogP contribution in [-0.4, -0.2) is 29.4 Å². The highest BCUT2D eigenvalue weighted by molar-refractivity contribution is 5.94. The third-order valence-electron chi connectivity index (χ3n) is 3.87. The fourth-order valence-corrected chi connectivity index (χ4v) is 2.45. The number of aryl methyl sites for hydroxylation is 1. The summed E-state index contributed by atoms with van der Waals surface area (Å²) in [7, 11) is 0. The second-order valence-electron chi connectivity index (χ2n) is 6.00. The second-order valence-corrected chi connectivity index (χ2v) is 6.00. The highest BCUT2D eigenvalue weighted by atomic mass is 16.4. The lowest BCUT2D eigenvalue weighted by molar-refractivity contribution is -0.136. The Balaban J connectivity index is 2.06. The molecule has 2 aromatic rings. The van der Waals surface area contributed by atoms with Crippen molar-refractivity contribution in [2.24, 2.45) is 0 Å². The van der Waals surface area contributed by atoms with E-state index < -0.39 is 12.0 Å². The molecule has 2 amide bonds. The largest absolute Gasteiger partial charge is 0.481 e. The van der Waals surface area contributed by atoms with E-state index in [1.54, 1.807) is 12.1 Å². The van der Waals surface area contributed by atoms with Crippen LogP contribution in [0.15, 0.2) is 54.6 Å². The molecule has 0 aliphatic heterocycles. The number of hydrogen-bond acceptors (Lipinski definition) is 3. The molecule has 0 heterocycles. The van der Waals surface area contributed by atoms with Crippen molar-refractivity contribution in [2.45, 2.75) is 25.8 Å². The summed E-state index contributed by atoms with van der Waals surface area (Å²) in [6.45, 7) is 2.00. The van der Waals surface area contributed by atoms with Gasteiger partial charge in [0, 0.05) is 12.1 Å². The van der Waals surface area contributed by atoms with Gasteiger partial charge in [0.15, 0.2) is 0 Å². The van der Waals surface area contributed by atoms with Gasteiger partial charge in [-0.15, -0.1) is 0 Å². The number of carboxylic acids is 1.